The molecule has 2 N–H and O–H groups in total. The van der Waals surface area contributed by atoms with Crippen LogP contribution in [0.3, 0.4) is 0 Å². The molecule has 2 aromatic carbocycles. The highest BCUT2D eigenvalue weighted by molar-refractivity contribution is 9.10. The number of hydrogen-bond donors (Lipinski definition) is 2. The van der Waals surface area contributed by atoms with Gasteiger partial charge in [-0.15, -0.1) is 0 Å². The predicted molar refractivity (Wildman–Crippen MR) is 81.1 cm³/mol. The third kappa shape index (κ3) is 3.16. The van der Waals surface area contributed by atoms with Crippen LogP contribution in [-0.2, 0) is 6.54 Å². The molecule has 0 bridgehead atoms. The van der Waals surface area contributed by atoms with E-state index >= 15 is 0 Å². The highest BCUT2D eigenvalue weighted by Gasteiger charge is 2.10. The van der Waals surface area contributed by atoms with Gasteiger partial charge in [-0.05, 0) is 45.8 Å². The molecule has 0 unspecified atom stereocenters. The molecule has 0 saturated heterocycles. The Morgan fingerprint density at radius 1 is 1.40 bits per heavy atom. The van der Waals surface area contributed by atoms with Crippen LogP contribution in [0.15, 0.2) is 34.8 Å². The number of phenols is 1. The van der Waals surface area contributed by atoms with Crippen LogP contribution in [0, 0.1) is 5.82 Å². The number of halogens is 3. The van der Waals surface area contributed by atoms with Gasteiger partial charge in [0.25, 0.3) is 0 Å². The van der Waals surface area contributed by atoms with Gasteiger partial charge in [0, 0.05) is 6.54 Å². The molecule has 0 fully saturated rings. The number of nitrogens with one attached hydrogen (secondary N) is 1. The van der Waals surface area contributed by atoms with Gasteiger partial charge in [0.1, 0.15) is 0 Å². The quantitative estimate of drug-likeness (QED) is 0.839. The summed E-state index contributed by atoms with van der Waals surface area (Å²) in [6.45, 7) is 0.368. The molecule has 0 amide bonds. The van der Waals surface area contributed by atoms with Gasteiger partial charge in [0.15, 0.2) is 17.3 Å². The molecule has 2 rings (SSSR count). The highest BCUT2D eigenvalue weighted by Crippen LogP contribution is 2.35. The third-order valence-corrected chi connectivity index (χ3v) is 3.64. The van der Waals surface area contributed by atoms with E-state index in [4.69, 9.17) is 16.3 Å². The number of rotatable bonds is 4. The largest absolute Gasteiger partial charge is 0.503 e. The molecule has 0 aliphatic rings. The van der Waals surface area contributed by atoms with Crippen LogP contribution in [0.25, 0.3) is 0 Å². The van der Waals surface area contributed by atoms with Gasteiger partial charge >= 0.3 is 0 Å². The van der Waals surface area contributed by atoms with E-state index in [0.717, 1.165) is 5.56 Å². The summed E-state index contributed by atoms with van der Waals surface area (Å²) in [6.07, 6.45) is 0. The van der Waals surface area contributed by atoms with E-state index in [1.165, 1.54) is 13.2 Å². The Labute approximate surface area is 129 Å². The fourth-order valence-electron chi connectivity index (χ4n) is 1.72. The predicted octanol–water partition coefficient (Wildman–Crippen LogP) is 4.57. The summed E-state index contributed by atoms with van der Waals surface area (Å²) in [4.78, 5) is 0. The number of phenolic OH excluding ortho intramolecular Hbond substituents is 1. The van der Waals surface area contributed by atoms with Crippen molar-refractivity contribution >= 4 is 33.2 Å². The average molecular weight is 361 g/mol. The lowest BCUT2D eigenvalue weighted by molar-refractivity contribution is 0.371. The van der Waals surface area contributed by atoms with Gasteiger partial charge in [-0.2, -0.15) is 0 Å². The zero-order chi connectivity index (χ0) is 14.7. The van der Waals surface area contributed by atoms with E-state index in [-0.39, 0.29) is 10.8 Å². The molecule has 0 aromatic heterocycles. The molecule has 106 valence electrons. The molecule has 0 aliphatic heterocycles. The van der Waals surface area contributed by atoms with Crippen LogP contribution in [-0.4, -0.2) is 12.2 Å². The zero-order valence-electron chi connectivity index (χ0n) is 10.6. The summed E-state index contributed by atoms with van der Waals surface area (Å²) >= 11 is 8.95. The Kier molecular flexibility index (Phi) is 4.73. The molecule has 0 heterocycles. The van der Waals surface area contributed by atoms with Crippen LogP contribution >= 0.6 is 27.5 Å². The maximum absolute atomic E-state index is 13.7. The van der Waals surface area contributed by atoms with Crippen molar-refractivity contribution < 1.29 is 14.2 Å². The van der Waals surface area contributed by atoms with Gasteiger partial charge in [-0.3, -0.25) is 0 Å². The second-order valence-corrected chi connectivity index (χ2v) is 5.34. The molecule has 6 heteroatoms. The molecule has 0 saturated carbocycles. The topological polar surface area (TPSA) is 41.5 Å². The van der Waals surface area contributed by atoms with Crippen LogP contribution in [0.1, 0.15) is 5.56 Å². The smallest absolute Gasteiger partial charge is 0.172 e. The highest BCUT2D eigenvalue weighted by atomic mass is 79.9. The summed E-state index contributed by atoms with van der Waals surface area (Å²) in [5, 5.41) is 12.7. The van der Waals surface area contributed by atoms with Crippen LogP contribution < -0.4 is 10.1 Å². The summed E-state index contributed by atoms with van der Waals surface area (Å²) in [5.41, 5.74) is 1.14. The van der Waals surface area contributed by atoms with Crippen molar-refractivity contribution in [3.63, 3.8) is 0 Å². The number of methoxy groups -OCH3 is 1. The maximum Gasteiger partial charge on any atom is 0.172 e. The number of aromatic hydroxyl groups is 1. The first-order valence-electron chi connectivity index (χ1n) is 5.76. The molecule has 2 aromatic rings. The normalized spacial score (nSPS) is 10.4. The van der Waals surface area contributed by atoms with Crippen LogP contribution in [0.5, 0.6) is 11.5 Å². The van der Waals surface area contributed by atoms with E-state index in [1.807, 2.05) is 0 Å². The van der Waals surface area contributed by atoms with Crippen molar-refractivity contribution in [3.8, 4) is 11.5 Å². The lowest BCUT2D eigenvalue weighted by Crippen LogP contribution is -2.02. The van der Waals surface area contributed by atoms with E-state index in [0.29, 0.717) is 22.5 Å². The minimum Gasteiger partial charge on any atom is -0.503 e. The Hall–Kier alpha value is -1.46. The SMILES string of the molecule is COc1cc(CNc2cccc(Cl)c2F)cc(Br)c1O. The lowest BCUT2D eigenvalue weighted by Gasteiger charge is -2.11. The molecule has 0 aliphatic carbocycles. The monoisotopic (exact) mass is 359 g/mol. The van der Waals surface area contributed by atoms with Gasteiger partial charge in [-0.1, -0.05) is 17.7 Å². The maximum atomic E-state index is 13.7. The van der Waals surface area contributed by atoms with Crippen molar-refractivity contribution in [1.82, 2.24) is 0 Å². The second kappa shape index (κ2) is 6.33. The fourth-order valence-corrected chi connectivity index (χ4v) is 2.39. The van der Waals surface area contributed by atoms with E-state index in [1.54, 1.807) is 24.3 Å². The Morgan fingerprint density at radius 3 is 2.85 bits per heavy atom. The lowest BCUT2D eigenvalue weighted by atomic mass is 10.2. The van der Waals surface area contributed by atoms with Gasteiger partial charge in [0.2, 0.25) is 0 Å². The molecule has 20 heavy (non-hydrogen) atoms. The minimum atomic E-state index is -0.487. The molecular formula is C14H12BrClFNO2. The zero-order valence-corrected chi connectivity index (χ0v) is 12.9. The van der Waals surface area contributed by atoms with Crippen molar-refractivity contribution in [2.24, 2.45) is 0 Å². The van der Waals surface area contributed by atoms with E-state index in [9.17, 15) is 9.50 Å². The first-order valence-corrected chi connectivity index (χ1v) is 6.93. The molecular weight excluding hydrogens is 349 g/mol. The van der Waals surface area contributed by atoms with Gasteiger partial charge in [-0.25, -0.2) is 4.39 Å². The molecule has 0 spiro atoms. The third-order valence-electron chi connectivity index (χ3n) is 2.74. The number of benzene rings is 2. The summed E-state index contributed by atoms with van der Waals surface area (Å²) in [5.74, 6) is -0.105. The minimum absolute atomic E-state index is 0.0326. The first-order chi connectivity index (χ1) is 9.52. The number of anilines is 1. The van der Waals surface area contributed by atoms with Crippen molar-refractivity contribution in [1.29, 1.82) is 0 Å². The Morgan fingerprint density at radius 2 is 2.15 bits per heavy atom. The van der Waals surface area contributed by atoms with Gasteiger partial charge in [0.05, 0.1) is 22.3 Å². The molecule has 0 radical (unpaired) electrons. The summed E-state index contributed by atoms with van der Waals surface area (Å²) in [6, 6.07) is 8.17. The molecule has 3 nitrogen and oxygen atoms in total. The fraction of sp³-hybridized carbons (Fsp3) is 0.143. The van der Waals surface area contributed by atoms with Crippen molar-refractivity contribution in [2.75, 3.05) is 12.4 Å². The average Bonchev–Trinajstić information content (AvgIpc) is 2.44. The van der Waals surface area contributed by atoms with Crippen molar-refractivity contribution in [3.05, 3.63) is 51.2 Å². The van der Waals surface area contributed by atoms with Crippen molar-refractivity contribution in [2.45, 2.75) is 6.54 Å². The van der Waals surface area contributed by atoms with E-state index in [2.05, 4.69) is 21.2 Å². The van der Waals surface area contributed by atoms with Crippen LogP contribution in [0.2, 0.25) is 5.02 Å². The number of ether oxygens (including phenoxy) is 1. The first kappa shape index (κ1) is 14.9. The van der Waals surface area contributed by atoms with Crippen LogP contribution in [0.4, 0.5) is 10.1 Å². The summed E-state index contributed by atoms with van der Waals surface area (Å²) < 4.78 is 19.3. The summed E-state index contributed by atoms with van der Waals surface area (Å²) in [7, 11) is 1.47. The van der Waals surface area contributed by atoms with E-state index < -0.39 is 5.82 Å². The Balaban J connectivity index is 2.19. The van der Waals surface area contributed by atoms with Gasteiger partial charge < -0.3 is 15.2 Å². The standard InChI is InChI=1S/C14H12BrClFNO2/c1-20-12-6-8(5-9(15)14(12)19)7-18-11-4-2-3-10(16)13(11)17/h2-6,18-19H,7H2,1H3. The molecule has 0 atom stereocenters. The Bertz CT molecular complexity index is 637. The number of hydrogen-bond acceptors (Lipinski definition) is 3. The second-order valence-electron chi connectivity index (χ2n) is 4.08.